The number of hydrogen-bond donors (Lipinski definition) is 1. The minimum absolute atomic E-state index is 0.0813. The highest BCUT2D eigenvalue weighted by Gasteiger charge is 2.22. The highest BCUT2D eigenvalue weighted by atomic mass is 79.9. The van der Waals surface area contributed by atoms with Crippen molar-refractivity contribution in [3.8, 4) is 11.5 Å². The van der Waals surface area contributed by atoms with Crippen LogP contribution in [0.2, 0.25) is 0 Å². The molecule has 0 bridgehead atoms. The number of ether oxygens (including phenoxy) is 2. The molecule has 4 heteroatoms. The van der Waals surface area contributed by atoms with Gasteiger partial charge in [-0.15, -0.1) is 0 Å². The van der Waals surface area contributed by atoms with Gasteiger partial charge < -0.3 is 15.2 Å². The van der Waals surface area contributed by atoms with Gasteiger partial charge in [0.25, 0.3) is 0 Å². The SMILES string of the molecule is COc1cc(C(C)(C)CN)cc(Br)c1OC. The molecule has 2 N–H and O–H groups in total. The average Bonchev–Trinajstić information content (AvgIpc) is 2.27. The standard InChI is InChI=1S/C12H18BrNO2/c1-12(2,7-14)8-5-9(13)11(16-4)10(6-8)15-3/h5-6H,7,14H2,1-4H3. The number of methoxy groups -OCH3 is 2. The van der Waals surface area contributed by atoms with E-state index in [1.54, 1.807) is 14.2 Å². The highest BCUT2D eigenvalue weighted by Crippen LogP contribution is 2.39. The molecule has 0 aliphatic carbocycles. The Morgan fingerprint density at radius 2 is 1.88 bits per heavy atom. The minimum atomic E-state index is -0.0813. The summed E-state index contributed by atoms with van der Waals surface area (Å²) in [6.07, 6.45) is 0. The second-order valence-corrected chi connectivity index (χ2v) is 5.14. The molecular weight excluding hydrogens is 270 g/mol. The lowest BCUT2D eigenvalue weighted by atomic mass is 9.85. The topological polar surface area (TPSA) is 44.5 Å². The number of halogens is 1. The van der Waals surface area contributed by atoms with Gasteiger partial charge in [0.1, 0.15) is 0 Å². The number of hydrogen-bond acceptors (Lipinski definition) is 3. The summed E-state index contributed by atoms with van der Waals surface area (Å²) in [6, 6.07) is 3.99. The molecule has 0 unspecified atom stereocenters. The molecule has 0 heterocycles. The van der Waals surface area contributed by atoms with Crippen LogP contribution < -0.4 is 15.2 Å². The summed E-state index contributed by atoms with van der Waals surface area (Å²) in [4.78, 5) is 0. The van der Waals surface area contributed by atoms with Gasteiger partial charge in [0.15, 0.2) is 11.5 Å². The van der Waals surface area contributed by atoms with Gasteiger partial charge in [-0.1, -0.05) is 13.8 Å². The summed E-state index contributed by atoms with van der Waals surface area (Å²) in [5.41, 5.74) is 6.81. The predicted octanol–water partition coefficient (Wildman–Crippen LogP) is 2.70. The van der Waals surface area contributed by atoms with E-state index in [-0.39, 0.29) is 5.41 Å². The fourth-order valence-electron chi connectivity index (χ4n) is 1.43. The maximum absolute atomic E-state index is 5.76. The quantitative estimate of drug-likeness (QED) is 0.926. The molecule has 16 heavy (non-hydrogen) atoms. The van der Waals surface area contributed by atoms with E-state index >= 15 is 0 Å². The summed E-state index contributed by atoms with van der Waals surface area (Å²) >= 11 is 3.47. The normalized spacial score (nSPS) is 11.4. The van der Waals surface area contributed by atoms with E-state index in [1.165, 1.54) is 0 Å². The van der Waals surface area contributed by atoms with E-state index in [0.717, 1.165) is 10.0 Å². The van der Waals surface area contributed by atoms with Crippen molar-refractivity contribution < 1.29 is 9.47 Å². The summed E-state index contributed by atoms with van der Waals surface area (Å²) in [5.74, 6) is 1.42. The van der Waals surface area contributed by atoms with Gasteiger partial charge in [-0.3, -0.25) is 0 Å². The lowest BCUT2D eigenvalue weighted by Crippen LogP contribution is -2.28. The molecule has 0 saturated carbocycles. The van der Waals surface area contributed by atoms with E-state index in [2.05, 4.69) is 29.8 Å². The Kier molecular flexibility index (Phi) is 4.21. The summed E-state index contributed by atoms with van der Waals surface area (Å²) in [6.45, 7) is 4.77. The van der Waals surface area contributed by atoms with Crippen LogP contribution >= 0.6 is 15.9 Å². The highest BCUT2D eigenvalue weighted by molar-refractivity contribution is 9.10. The number of benzene rings is 1. The molecule has 0 aliphatic heterocycles. The summed E-state index contributed by atoms with van der Waals surface area (Å²) in [5, 5.41) is 0. The van der Waals surface area contributed by atoms with E-state index in [0.29, 0.717) is 18.0 Å². The van der Waals surface area contributed by atoms with E-state index in [4.69, 9.17) is 15.2 Å². The van der Waals surface area contributed by atoms with Crippen LogP contribution in [0.4, 0.5) is 0 Å². The van der Waals surface area contributed by atoms with Crippen molar-refractivity contribution in [3.05, 3.63) is 22.2 Å². The molecule has 3 nitrogen and oxygen atoms in total. The van der Waals surface area contributed by atoms with Gasteiger partial charge in [0.05, 0.1) is 18.7 Å². The Morgan fingerprint density at radius 1 is 1.25 bits per heavy atom. The lowest BCUT2D eigenvalue weighted by molar-refractivity contribution is 0.351. The third-order valence-corrected chi connectivity index (χ3v) is 3.31. The van der Waals surface area contributed by atoms with E-state index < -0.39 is 0 Å². The second kappa shape index (κ2) is 5.06. The van der Waals surface area contributed by atoms with E-state index in [1.807, 2.05) is 12.1 Å². The molecule has 1 aromatic carbocycles. The Balaban J connectivity index is 3.31. The van der Waals surface area contributed by atoms with Crippen molar-refractivity contribution in [3.63, 3.8) is 0 Å². The largest absolute Gasteiger partial charge is 0.493 e. The first-order valence-electron chi connectivity index (χ1n) is 5.08. The smallest absolute Gasteiger partial charge is 0.174 e. The fourth-order valence-corrected chi connectivity index (χ4v) is 2.03. The maximum atomic E-state index is 5.76. The molecule has 0 atom stereocenters. The van der Waals surface area contributed by atoms with Crippen molar-refractivity contribution >= 4 is 15.9 Å². The van der Waals surface area contributed by atoms with Gasteiger partial charge in [-0.2, -0.15) is 0 Å². The van der Waals surface area contributed by atoms with Crippen LogP contribution in [0.25, 0.3) is 0 Å². The Hall–Kier alpha value is -0.740. The molecule has 0 amide bonds. The molecule has 1 aromatic rings. The zero-order chi connectivity index (χ0) is 12.3. The summed E-state index contributed by atoms with van der Waals surface area (Å²) in [7, 11) is 3.25. The van der Waals surface area contributed by atoms with Crippen molar-refractivity contribution in [2.45, 2.75) is 19.3 Å². The first kappa shape index (κ1) is 13.3. The minimum Gasteiger partial charge on any atom is -0.493 e. The Labute approximate surface area is 105 Å². The third-order valence-electron chi connectivity index (χ3n) is 2.73. The number of rotatable bonds is 4. The molecule has 1 rings (SSSR count). The van der Waals surface area contributed by atoms with Crippen LogP contribution in [0.5, 0.6) is 11.5 Å². The zero-order valence-electron chi connectivity index (χ0n) is 10.1. The average molecular weight is 288 g/mol. The van der Waals surface area contributed by atoms with Crippen LogP contribution in [0, 0.1) is 0 Å². The van der Waals surface area contributed by atoms with Gasteiger partial charge >= 0.3 is 0 Å². The molecule has 0 spiro atoms. The third kappa shape index (κ3) is 2.50. The Morgan fingerprint density at radius 3 is 2.31 bits per heavy atom. The maximum Gasteiger partial charge on any atom is 0.174 e. The van der Waals surface area contributed by atoms with Crippen molar-refractivity contribution in [1.82, 2.24) is 0 Å². The van der Waals surface area contributed by atoms with Crippen LogP contribution in [0.3, 0.4) is 0 Å². The second-order valence-electron chi connectivity index (χ2n) is 4.28. The van der Waals surface area contributed by atoms with Crippen LogP contribution in [-0.4, -0.2) is 20.8 Å². The first-order valence-corrected chi connectivity index (χ1v) is 5.87. The molecule has 90 valence electrons. The van der Waals surface area contributed by atoms with Gasteiger partial charge in [-0.25, -0.2) is 0 Å². The first-order chi connectivity index (χ1) is 7.46. The van der Waals surface area contributed by atoms with Gasteiger partial charge in [0.2, 0.25) is 0 Å². The fraction of sp³-hybridized carbons (Fsp3) is 0.500. The molecule has 0 aromatic heterocycles. The molecule has 0 saturated heterocycles. The van der Waals surface area contributed by atoms with Gasteiger partial charge in [0, 0.05) is 12.0 Å². The van der Waals surface area contributed by atoms with Crippen LogP contribution in [0.1, 0.15) is 19.4 Å². The predicted molar refractivity (Wildman–Crippen MR) is 69.3 cm³/mol. The zero-order valence-corrected chi connectivity index (χ0v) is 11.7. The molecule has 0 fully saturated rings. The van der Waals surface area contributed by atoms with Crippen LogP contribution in [0.15, 0.2) is 16.6 Å². The van der Waals surface area contributed by atoms with Gasteiger partial charge in [-0.05, 0) is 33.6 Å². The van der Waals surface area contributed by atoms with Crippen molar-refractivity contribution in [2.75, 3.05) is 20.8 Å². The van der Waals surface area contributed by atoms with Crippen molar-refractivity contribution in [2.24, 2.45) is 5.73 Å². The van der Waals surface area contributed by atoms with Crippen molar-refractivity contribution in [1.29, 1.82) is 0 Å². The number of nitrogens with two attached hydrogens (primary N) is 1. The van der Waals surface area contributed by atoms with Crippen LogP contribution in [-0.2, 0) is 5.41 Å². The summed E-state index contributed by atoms with van der Waals surface area (Å²) < 4.78 is 11.4. The molecular formula is C12H18BrNO2. The monoisotopic (exact) mass is 287 g/mol. The molecule has 0 radical (unpaired) electrons. The lowest BCUT2D eigenvalue weighted by Gasteiger charge is -2.24. The van der Waals surface area contributed by atoms with E-state index in [9.17, 15) is 0 Å². The Bertz CT molecular complexity index is 378. The molecule has 0 aliphatic rings.